The molecule has 21 heavy (non-hydrogen) atoms. The second-order valence-corrected chi connectivity index (χ2v) is 6.81. The summed E-state index contributed by atoms with van der Waals surface area (Å²) in [7, 11) is 2.27. The highest BCUT2D eigenvalue weighted by Crippen LogP contribution is 2.39. The van der Waals surface area contributed by atoms with E-state index in [0.29, 0.717) is 5.54 Å². The molecule has 2 heterocycles. The van der Waals surface area contributed by atoms with E-state index in [2.05, 4.69) is 29.0 Å². The summed E-state index contributed by atoms with van der Waals surface area (Å²) in [6, 6.07) is 6.19. The second-order valence-electron chi connectivity index (χ2n) is 6.81. The molecule has 0 radical (unpaired) electrons. The Balaban J connectivity index is 1.79. The van der Waals surface area contributed by atoms with Crippen LogP contribution in [0.2, 0.25) is 0 Å². The average molecular weight is 289 g/mol. The third-order valence-corrected chi connectivity index (χ3v) is 5.00. The molecule has 3 rings (SSSR count). The molecule has 2 aliphatic heterocycles. The van der Waals surface area contributed by atoms with Crippen LogP contribution >= 0.6 is 0 Å². The van der Waals surface area contributed by atoms with E-state index in [0.717, 1.165) is 24.5 Å². The monoisotopic (exact) mass is 289 g/mol. The minimum absolute atomic E-state index is 0.147. The number of likely N-dealkylation sites (N-methyl/N-ethyl adjacent to an activating group) is 1. The van der Waals surface area contributed by atoms with Gasteiger partial charge in [0.25, 0.3) is 0 Å². The van der Waals surface area contributed by atoms with Gasteiger partial charge < -0.3 is 15.4 Å². The Kier molecular flexibility index (Phi) is 3.74. The van der Waals surface area contributed by atoms with E-state index < -0.39 is 0 Å². The minimum atomic E-state index is 0.147. The Morgan fingerprint density at radius 2 is 2.05 bits per heavy atom. The van der Waals surface area contributed by atoms with Crippen molar-refractivity contribution in [2.45, 2.75) is 44.8 Å². The van der Waals surface area contributed by atoms with Gasteiger partial charge in [0.15, 0.2) is 0 Å². The molecule has 1 atom stereocenters. The molecule has 2 saturated heterocycles. The number of rotatable bonds is 3. The molecule has 0 amide bonds. The Morgan fingerprint density at radius 3 is 2.71 bits per heavy atom. The van der Waals surface area contributed by atoms with Gasteiger partial charge in [-0.05, 0) is 58.8 Å². The highest BCUT2D eigenvalue weighted by molar-refractivity contribution is 5.63. The normalized spacial score (nSPS) is 26.2. The first-order chi connectivity index (χ1) is 10.00. The van der Waals surface area contributed by atoms with E-state index in [1.807, 2.05) is 19.9 Å². The van der Waals surface area contributed by atoms with Crippen LogP contribution in [0.25, 0.3) is 0 Å². The van der Waals surface area contributed by atoms with Gasteiger partial charge in [-0.3, -0.25) is 4.90 Å². The number of benzene rings is 1. The molecule has 4 heteroatoms. The van der Waals surface area contributed by atoms with Gasteiger partial charge in [0.1, 0.15) is 5.75 Å². The number of nitrogens with two attached hydrogens (primary N) is 1. The molecule has 0 unspecified atom stereocenters. The van der Waals surface area contributed by atoms with Crippen LogP contribution in [-0.2, 0) is 0 Å². The van der Waals surface area contributed by atoms with Crippen molar-refractivity contribution in [2.24, 2.45) is 0 Å². The summed E-state index contributed by atoms with van der Waals surface area (Å²) in [5.74, 6) is 0.809. The summed E-state index contributed by atoms with van der Waals surface area (Å²) in [5.41, 5.74) is 8.37. The largest absolute Gasteiger partial charge is 0.489 e. The molecular weight excluding hydrogens is 262 g/mol. The summed E-state index contributed by atoms with van der Waals surface area (Å²) >= 11 is 0. The molecular formula is C17H27N3O. The zero-order valence-electron chi connectivity index (χ0n) is 13.4. The van der Waals surface area contributed by atoms with E-state index in [1.54, 1.807) is 0 Å². The van der Waals surface area contributed by atoms with Crippen LogP contribution in [0.5, 0.6) is 5.75 Å². The van der Waals surface area contributed by atoms with E-state index in [1.165, 1.54) is 31.5 Å². The molecule has 0 bridgehead atoms. The van der Waals surface area contributed by atoms with Crippen molar-refractivity contribution in [3.05, 3.63) is 18.2 Å². The maximum Gasteiger partial charge on any atom is 0.144 e. The van der Waals surface area contributed by atoms with E-state index in [4.69, 9.17) is 10.5 Å². The fourth-order valence-electron chi connectivity index (χ4n) is 3.74. The maximum atomic E-state index is 6.02. The highest BCUT2D eigenvalue weighted by atomic mass is 16.5. The van der Waals surface area contributed by atoms with Gasteiger partial charge in [0, 0.05) is 30.4 Å². The van der Waals surface area contributed by atoms with Crippen LogP contribution in [0.3, 0.4) is 0 Å². The van der Waals surface area contributed by atoms with Crippen LogP contribution in [-0.4, -0.2) is 43.2 Å². The number of anilines is 2. The second kappa shape index (κ2) is 5.41. The molecule has 1 spiro atoms. The van der Waals surface area contributed by atoms with E-state index in [9.17, 15) is 0 Å². The van der Waals surface area contributed by atoms with Gasteiger partial charge in [-0.1, -0.05) is 0 Å². The minimum Gasteiger partial charge on any atom is -0.489 e. The molecule has 1 aromatic carbocycles. The maximum absolute atomic E-state index is 6.02. The molecule has 2 aliphatic rings. The van der Waals surface area contributed by atoms with E-state index in [-0.39, 0.29) is 6.10 Å². The third-order valence-electron chi connectivity index (χ3n) is 5.00. The Bertz CT molecular complexity index is 517. The lowest BCUT2D eigenvalue weighted by molar-refractivity contribution is 0.198. The number of nitrogens with zero attached hydrogens (tertiary/aromatic N) is 2. The Morgan fingerprint density at radius 1 is 1.24 bits per heavy atom. The molecule has 4 nitrogen and oxygen atoms in total. The van der Waals surface area contributed by atoms with Crippen molar-refractivity contribution in [2.75, 3.05) is 37.3 Å². The van der Waals surface area contributed by atoms with Crippen LogP contribution in [0.4, 0.5) is 11.4 Å². The highest BCUT2D eigenvalue weighted by Gasteiger charge is 2.44. The van der Waals surface area contributed by atoms with Crippen molar-refractivity contribution >= 4 is 11.4 Å². The summed E-state index contributed by atoms with van der Waals surface area (Å²) in [6.07, 6.45) is 4.06. The standard InChI is InChI=1S/C17H27N3O/c1-13(2)21-16-11-14(5-6-15(16)18)20-10-8-17(12-20)7-4-9-19(17)3/h5-6,11,13H,4,7-10,12,18H2,1-3H3/t17-/m0/s1. The molecule has 116 valence electrons. The SMILES string of the molecule is CC(C)Oc1cc(N2CC[C@@]3(CCCN3C)C2)ccc1N. The first kappa shape index (κ1) is 14.5. The van der Waals surface area contributed by atoms with Gasteiger partial charge in [-0.2, -0.15) is 0 Å². The van der Waals surface area contributed by atoms with Gasteiger partial charge in [-0.15, -0.1) is 0 Å². The first-order valence-corrected chi connectivity index (χ1v) is 8.03. The van der Waals surface area contributed by atoms with Crippen LogP contribution in [0.1, 0.15) is 33.1 Å². The predicted molar refractivity (Wildman–Crippen MR) is 88.0 cm³/mol. The summed E-state index contributed by atoms with van der Waals surface area (Å²) in [5, 5.41) is 0. The van der Waals surface area contributed by atoms with Gasteiger partial charge in [-0.25, -0.2) is 0 Å². The average Bonchev–Trinajstić information content (AvgIpc) is 3.01. The molecule has 2 fully saturated rings. The fourth-order valence-corrected chi connectivity index (χ4v) is 3.74. The molecule has 2 N–H and O–H groups in total. The lowest BCUT2D eigenvalue weighted by Gasteiger charge is -2.32. The molecule has 0 aromatic heterocycles. The lowest BCUT2D eigenvalue weighted by Crippen LogP contribution is -2.43. The van der Waals surface area contributed by atoms with Gasteiger partial charge >= 0.3 is 0 Å². The lowest BCUT2D eigenvalue weighted by atomic mass is 9.96. The quantitative estimate of drug-likeness (QED) is 0.869. The number of ether oxygens (including phenoxy) is 1. The topological polar surface area (TPSA) is 41.7 Å². The van der Waals surface area contributed by atoms with E-state index >= 15 is 0 Å². The van der Waals surface area contributed by atoms with Crippen molar-refractivity contribution < 1.29 is 4.74 Å². The molecule has 1 aromatic rings. The zero-order chi connectivity index (χ0) is 15.0. The molecule has 0 aliphatic carbocycles. The summed E-state index contributed by atoms with van der Waals surface area (Å²) in [4.78, 5) is 5.03. The smallest absolute Gasteiger partial charge is 0.144 e. The zero-order valence-corrected chi connectivity index (χ0v) is 13.4. The molecule has 0 saturated carbocycles. The number of hydrogen-bond acceptors (Lipinski definition) is 4. The number of nitrogen functional groups attached to an aromatic ring is 1. The van der Waals surface area contributed by atoms with Gasteiger partial charge in [0.2, 0.25) is 0 Å². The van der Waals surface area contributed by atoms with Crippen LogP contribution in [0, 0.1) is 0 Å². The van der Waals surface area contributed by atoms with Crippen LogP contribution in [0.15, 0.2) is 18.2 Å². The van der Waals surface area contributed by atoms with Crippen molar-refractivity contribution in [1.82, 2.24) is 4.90 Å². The summed E-state index contributed by atoms with van der Waals surface area (Å²) < 4.78 is 5.82. The van der Waals surface area contributed by atoms with Crippen molar-refractivity contribution in [3.8, 4) is 5.75 Å². The Hall–Kier alpha value is -1.42. The third kappa shape index (κ3) is 2.69. The fraction of sp³-hybridized carbons (Fsp3) is 0.647. The van der Waals surface area contributed by atoms with Crippen molar-refractivity contribution in [3.63, 3.8) is 0 Å². The van der Waals surface area contributed by atoms with Crippen LogP contribution < -0.4 is 15.4 Å². The predicted octanol–water partition coefficient (Wildman–Crippen LogP) is 2.73. The van der Waals surface area contributed by atoms with Gasteiger partial charge in [0.05, 0.1) is 11.8 Å². The Labute approximate surface area is 127 Å². The summed E-state index contributed by atoms with van der Waals surface area (Å²) in [6.45, 7) is 7.54. The first-order valence-electron chi connectivity index (χ1n) is 8.03. The number of hydrogen-bond donors (Lipinski definition) is 1. The van der Waals surface area contributed by atoms with Crippen molar-refractivity contribution in [1.29, 1.82) is 0 Å². The number of likely N-dealkylation sites (tertiary alicyclic amines) is 1.